The monoisotopic (exact) mass is 715 g/mol. The van der Waals surface area contributed by atoms with E-state index in [2.05, 4.69) is 0 Å². The minimum Gasteiger partial charge on any atom is -0.456 e. The fraction of sp³-hybridized carbons (Fsp3) is 0. The van der Waals surface area contributed by atoms with E-state index in [4.69, 9.17) is 16.8 Å². The van der Waals surface area contributed by atoms with Crippen LogP contribution in [0.2, 0.25) is 0 Å². The third-order valence-corrected chi connectivity index (χ3v) is 10.6. The maximum Gasteiger partial charge on any atom is 0.136 e. The normalized spacial score (nSPS) is 17.7. The molecule has 0 N–H and O–H groups in total. The van der Waals surface area contributed by atoms with Gasteiger partial charge in [-0.3, -0.25) is 0 Å². The van der Waals surface area contributed by atoms with Crippen molar-refractivity contribution in [2.45, 2.75) is 0 Å². The van der Waals surface area contributed by atoms with Gasteiger partial charge in [0.05, 0.1) is 28.8 Å². The van der Waals surface area contributed by atoms with E-state index in [0.29, 0.717) is 21.9 Å². The maximum absolute atomic E-state index is 10.5. The average Bonchev–Trinajstić information content (AvgIpc) is 3.85. The van der Waals surface area contributed by atoms with Crippen LogP contribution in [0.15, 0.2) is 186 Å². The molecule has 1 nitrogen and oxygen atoms in total. The number of rotatable bonds is 3. The van der Waals surface area contributed by atoms with Crippen LogP contribution in [0.1, 0.15) is 28.8 Å². The molecule has 1 aromatic heterocycles. The number of furan rings is 1. The van der Waals surface area contributed by atoms with Crippen LogP contribution in [0.25, 0.3) is 131 Å². The molecular formula is C54H30O. The lowest BCUT2D eigenvalue weighted by molar-refractivity contribution is 0.669. The molecular weight excluding hydrogens is 665 g/mol. The SMILES string of the molecule is [2H]c1c([2H])c(-c2ccc3oc4cc5ccccc5cc4c3c2)c(-c2c([2H])c([2H])c3c([2H])c([2H])c4c([2H])c([2H])c([2H])c5c([2H])c([2H])c2c3c45)c([2H])c1-c1c([2H])c([2H])c2c([2H])c([2H])c3c([2H])c([2H])c([2H])c4c([2H])c([2H])c1c2c34. The van der Waals surface area contributed by atoms with Gasteiger partial charge in [0.15, 0.2) is 0 Å². The Morgan fingerprint density at radius 3 is 1.53 bits per heavy atom. The molecule has 0 spiro atoms. The van der Waals surface area contributed by atoms with Crippen LogP contribution in [0.3, 0.4) is 0 Å². The molecule has 0 saturated carbocycles. The molecule has 252 valence electrons. The summed E-state index contributed by atoms with van der Waals surface area (Å²) in [5.74, 6) is 0. The van der Waals surface area contributed by atoms with Gasteiger partial charge in [-0.2, -0.15) is 0 Å². The topological polar surface area (TPSA) is 13.1 Å². The van der Waals surface area contributed by atoms with Crippen LogP contribution >= 0.6 is 0 Å². The predicted octanol–water partition coefficient (Wildman–Crippen LogP) is 15.5. The maximum atomic E-state index is 10.5. The van der Waals surface area contributed by atoms with Gasteiger partial charge in [-0.25, -0.2) is 0 Å². The van der Waals surface area contributed by atoms with E-state index >= 15 is 0 Å². The zero-order valence-corrected chi connectivity index (χ0v) is 28.1. The fourth-order valence-corrected chi connectivity index (χ4v) is 8.05. The number of hydrogen-bond donors (Lipinski definition) is 0. The number of hydrogen-bond acceptors (Lipinski definition) is 1. The Morgan fingerprint density at radius 2 is 0.855 bits per heavy atom. The van der Waals surface area contributed by atoms with E-state index in [1.165, 1.54) is 6.07 Å². The summed E-state index contributed by atoms with van der Waals surface area (Å²) in [6, 6.07) is 1.36. The first-order valence-electron chi connectivity index (χ1n) is 27.9. The van der Waals surface area contributed by atoms with Gasteiger partial charge >= 0.3 is 0 Å². The van der Waals surface area contributed by atoms with Crippen molar-refractivity contribution in [3.8, 4) is 33.4 Å². The molecule has 0 aliphatic heterocycles. The van der Waals surface area contributed by atoms with Crippen molar-refractivity contribution in [3.63, 3.8) is 0 Å². The Labute approximate surface area is 345 Å². The van der Waals surface area contributed by atoms with Crippen LogP contribution in [0, 0.1) is 0 Å². The smallest absolute Gasteiger partial charge is 0.136 e. The zero-order valence-electron chi connectivity index (χ0n) is 49.1. The highest BCUT2D eigenvalue weighted by Gasteiger charge is 2.19. The van der Waals surface area contributed by atoms with Gasteiger partial charge in [0.2, 0.25) is 0 Å². The average molecular weight is 716 g/mol. The molecule has 0 aliphatic carbocycles. The van der Waals surface area contributed by atoms with E-state index in [-0.39, 0.29) is 70.4 Å². The second kappa shape index (κ2) is 10.7. The summed E-state index contributed by atoms with van der Waals surface area (Å²) in [4.78, 5) is 0. The summed E-state index contributed by atoms with van der Waals surface area (Å²) in [7, 11) is 0. The molecule has 0 amide bonds. The van der Waals surface area contributed by atoms with Crippen molar-refractivity contribution >= 4 is 97.3 Å². The second-order valence-corrected chi connectivity index (χ2v) is 13.5. The zero-order chi connectivity index (χ0) is 54.1. The predicted molar refractivity (Wildman–Crippen MR) is 235 cm³/mol. The van der Waals surface area contributed by atoms with E-state index in [0.717, 1.165) is 10.8 Å². The molecule has 1 heteroatoms. The summed E-state index contributed by atoms with van der Waals surface area (Å²) < 4.78 is 202. The van der Waals surface area contributed by atoms with Crippen LogP contribution in [-0.4, -0.2) is 0 Å². The summed E-state index contributed by atoms with van der Waals surface area (Å²) in [6.07, 6.45) is 0. The van der Waals surface area contributed by atoms with Crippen molar-refractivity contribution in [1.82, 2.24) is 0 Å². The number of fused-ring (bicyclic) bond motifs is 4. The van der Waals surface area contributed by atoms with Crippen LogP contribution in [0.5, 0.6) is 0 Å². The van der Waals surface area contributed by atoms with E-state index in [1.807, 2.05) is 36.4 Å². The van der Waals surface area contributed by atoms with Gasteiger partial charge < -0.3 is 4.42 Å². The Kier molecular flexibility index (Phi) is 3.11. The first kappa shape index (κ1) is 16.0. The Hall–Kier alpha value is -7.22. The summed E-state index contributed by atoms with van der Waals surface area (Å²) in [5, 5.41) is -0.881. The molecule has 55 heavy (non-hydrogen) atoms. The standard InChI is InChI=1S/C54H30O/c1-2-6-38-30-50-48(27-37(38)5-1)47-29-40(20-26-49(47)55-50)42-22-19-39(41-21-15-35-13-11-31-7-3-9-33-17-24-44(41)53(35)51(31)33)28-46(42)43-23-16-36-14-12-32-8-4-10-34-18-25-45(43)54(36)52(32)34/h1-30H/i3D,4D,7D,8D,9D,10D,11D,12D,13D,14D,15D,16D,17D,18D,19D,21D,22D,23D,24D,25D,28D. The van der Waals surface area contributed by atoms with Crippen LogP contribution < -0.4 is 0 Å². The van der Waals surface area contributed by atoms with Gasteiger partial charge in [-0.1, -0.05) is 151 Å². The molecule has 0 fully saturated rings. The fourth-order valence-electron chi connectivity index (χ4n) is 8.05. The van der Waals surface area contributed by atoms with E-state index < -0.39 is 155 Å². The molecule has 0 saturated heterocycles. The minimum atomic E-state index is -0.820. The highest BCUT2D eigenvalue weighted by Crippen LogP contribution is 2.46. The van der Waals surface area contributed by atoms with Gasteiger partial charge in [0, 0.05) is 10.8 Å². The molecule has 13 aromatic rings. The van der Waals surface area contributed by atoms with Crippen LogP contribution in [-0.2, 0) is 0 Å². The summed E-state index contributed by atoms with van der Waals surface area (Å²) in [5.41, 5.74) is -1.31. The lowest BCUT2D eigenvalue weighted by Crippen LogP contribution is -1.92. The minimum absolute atomic E-state index is 0.137. The molecule has 12 aromatic carbocycles. The van der Waals surface area contributed by atoms with Gasteiger partial charge in [-0.05, 0) is 139 Å². The van der Waals surface area contributed by atoms with Crippen molar-refractivity contribution in [2.75, 3.05) is 0 Å². The van der Waals surface area contributed by atoms with Crippen molar-refractivity contribution in [3.05, 3.63) is 181 Å². The van der Waals surface area contributed by atoms with Crippen molar-refractivity contribution in [2.24, 2.45) is 0 Å². The second-order valence-electron chi connectivity index (χ2n) is 13.5. The van der Waals surface area contributed by atoms with E-state index in [9.17, 15) is 16.4 Å². The van der Waals surface area contributed by atoms with Crippen LogP contribution in [0.4, 0.5) is 0 Å². The van der Waals surface area contributed by atoms with E-state index in [1.54, 1.807) is 12.1 Å². The first-order valence-corrected chi connectivity index (χ1v) is 17.4. The Bertz CT molecular complexity index is 4900. The molecule has 13 rings (SSSR count). The van der Waals surface area contributed by atoms with Crippen molar-refractivity contribution in [1.29, 1.82) is 0 Å². The number of benzene rings is 12. The Morgan fingerprint density at radius 1 is 0.327 bits per heavy atom. The summed E-state index contributed by atoms with van der Waals surface area (Å²) in [6.45, 7) is 0. The Balaban J connectivity index is 1.28. The molecule has 0 bridgehead atoms. The highest BCUT2D eigenvalue weighted by atomic mass is 16.3. The summed E-state index contributed by atoms with van der Waals surface area (Å²) >= 11 is 0. The van der Waals surface area contributed by atoms with Gasteiger partial charge in [-0.15, -0.1) is 0 Å². The third-order valence-electron chi connectivity index (χ3n) is 10.6. The van der Waals surface area contributed by atoms with Gasteiger partial charge in [0.1, 0.15) is 11.2 Å². The quantitative estimate of drug-likeness (QED) is 0.166. The lowest BCUT2D eigenvalue weighted by atomic mass is 9.84. The third kappa shape index (κ3) is 4.07. The molecule has 0 unspecified atom stereocenters. The highest BCUT2D eigenvalue weighted by molar-refractivity contribution is 6.27. The van der Waals surface area contributed by atoms with Gasteiger partial charge in [0.25, 0.3) is 0 Å². The van der Waals surface area contributed by atoms with Crippen molar-refractivity contribution < 1.29 is 33.2 Å². The largest absolute Gasteiger partial charge is 0.456 e. The first-order chi connectivity index (χ1) is 36.0. The molecule has 1 heterocycles. The lowest BCUT2D eigenvalue weighted by Gasteiger charge is -2.19. The molecule has 0 radical (unpaired) electrons. The molecule has 0 atom stereocenters. The molecule has 0 aliphatic rings.